The first-order valence-electron chi connectivity index (χ1n) is 30.9. The Labute approximate surface area is 533 Å². The van der Waals surface area contributed by atoms with Gasteiger partial charge in [-0.3, -0.25) is 10.3 Å². The van der Waals surface area contributed by atoms with Crippen molar-refractivity contribution in [3.05, 3.63) is 425 Å². The summed E-state index contributed by atoms with van der Waals surface area (Å²) in [4.78, 5) is 0. The molecule has 0 aliphatic heterocycles. The molecule has 0 radical (unpaired) electrons. The quantitative estimate of drug-likeness (QED) is 0.0806. The van der Waals surface area contributed by atoms with Crippen molar-refractivity contribution in [1.29, 1.82) is 0 Å². The zero-order valence-electron chi connectivity index (χ0n) is 50.6. The Kier molecular flexibility index (Phi) is 20.5. The number of hydrogen-bond donors (Lipinski definition) is 2. The minimum Gasteiger partial charge on any atom is -0.273 e. The Balaban J connectivity index is 0.000000124. The fourth-order valence-electron chi connectivity index (χ4n) is 13.1. The molecule has 2 nitrogen and oxygen atoms in total. The topological polar surface area (TPSA) is 51.2 Å². The van der Waals surface area contributed by atoms with E-state index in [0.717, 1.165) is 0 Å². The van der Waals surface area contributed by atoms with Crippen molar-refractivity contribution in [2.75, 3.05) is 0 Å². The monoisotopic (exact) mass is 1190 g/mol. The molecule has 0 amide bonds. The van der Waals surface area contributed by atoms with E-state index in [1.54, 1.807) is 0 Å². The number of hydrogen-bond acceptors (Lipinski definition) is 0. The van der Waals surface area contributed by atoms with Crippen molar-refractivity contribution in [2.24, 2.45) is 0 Å². The smallest absolute Gasteiger partial charge is 0.181 e. The Morgan fingerprint density at radius 1 is 0.133 bits per heavy atom. The summed E-state index contributed by atoms with van der Waals surface area (Å²) in [5, 5.41) is 21.2. The highest BCUT2D eigenvalue weighted by Gasteiger charge is 2.34. The standard InChI is InChI=1S/2C24H20B.2C18H16NP/c2*1-5-13-21(14-6-1)25(22-15-7-2-8-16-22,23-17-9-3-10-18-23)24-19-11-4-12-20-24;2*19-20(16-10-4-1-5-11-16,17-12-6-2-7-13-17)18-14-8-3-9-15-18/h2*1-20H;2*1-15,19H/q2*-1;;/p+2. The van der Waals surface area contributed by atoms with Gasteiger partial charge in [-0.2, -0.15) is 43.7 Å². The van der Waals surface area contributed by atoms with E-state index < -0.39 is 26.4 Å². The Hall–Kier alpha value is -10.3. The van der Waals surface area contributed by atoms with Crippen LogP contribution in [-0.4, -0.2) is 12.3 Å². The molecule has 0 heterocycles. The first kappa shape index (κ1) is 61.3. The van der Waals surface area contributed by atoms with Crippen LogP contribution in [0.4, 0.5) is 0 Å². The highest BCUT2D eigenvalue weighted by Crippen LogP contribution is 2.39. The third kappa shape index (κ3) is 13.2. The van der Waals surface area contributed by atoms with Gasteiger partial charge in [0.15, 0.2) is 14.1 Å². The van der Waals surface area contributed by atoms with Crippen molar-refractivity contribution in [3.8, 4) is 0 Å². The molecule has 0 aliphatic rings. The van der Waals surface area contributed by atoms with E-state index in [0.29, 0.717) is 0 Å². The van der Waals surface area contributed by atoms with Crippen LogP contribution in [0.3, 0.4) is 0 Å². The second-order valence-electron chi connectivity index (χ2n) is 22.5. The molecule has 0 fully saturated rings. The van der Waals surface area contributed by atoms with Crippen LogP contribution in [0.2, 0.25) is 0 Å². The molecule has 0 saturated heterocycles. The molecule has 14 aromatic rings. The molecule has 6 heteroatoms. The van der Waals surface area contributed by atoms with E-state index in [4.69, 9.17) is 10.3 Å². The Morgan fingerprint density at radius 3 is 0.322 bits per heavy atom. The van der Waals surface area contributed by atoms with E-state index in [2.05, 4.69) is 388 Å². The zero-order valence-corrected chi connectivity index (χ0v) is 52.4. The van der Waals surface area contributed by atoms with Gasteiger partial charge in [-0.05, 0) is 72.8 Å². The summed E-state index contributed by atoms with van der Waals surface area (Å²) in [6, 6.07) is 150. The summed E-state index contributed by atoms with van der Waals surface area (Å²) in [6.07, 6.45) is -2.43. The van der Waals surface area contributed by atoms with Gasteiger partial charge in [0, 0.05) is 31.8 Å². The lowest BCUT2D eigenvalue weighted by Gasteiger charge is -2.44. The summed E-state index contributed by atoms with van der Waals surface area (Å²) in [6.45, 7) is 0. The molecule has 0 atom stereocenters. The predicted molar refractivity (Wildman–Crippen MR) is 394 cm³/mol. The molecular formula is C84H74B2N2P2. The van der Waals surface area contributed by atoms with Gasteiger partial charge in [-0.1, -0.05) is 352 Å². The average molecular weight is 1200 g/mol. The molecule has 0 bridgehead atoms. The maximum Gasteiger partial charge on any atom is 0.181 e. The zero-order chi connectivity index (χ0) is 61.6. The van der Waals surface area contributed by atoms with Gasteiger partial charge < -0.3 is 0 Å². The first-order chi connectivity index (χ1) is 44.5. The highest BCUT2D eigenvalue weighted by molar-refractivity contribution is 7.85. The van der Waals surface area contributed by atoms with E-state index in [1.165, 1.54) is 75.5 Å². The fraction of sp³-hybridized carbons (Fsp3) is 0. The summed E-state index contributed by atoms with van der Waals surface area (Å²) in [7, 11) is -4.05. The molecule has 4 N–H and O–H groups in total. The maximum absolute atomic E-state index is 6.97. The van der Waals surface area contributed by atoms with Crippen molar-refractivity contribution >= 4 is 102 Å². The third-order valence-corrected chi connectivity index (χ3v) is 24.1. The fourth-order valence-corrected chi connectivity index (χ4v) is 18.8. The van der Waals surface area contributed by atoms with E-state index >= 15 is 0 Å². The SMILES string of the molecule is [NH2+]=P(c1ccccc1)(c1ccccc1)c1ccccc1.[NH2+]=P(c1ccccc1)(c1ccccc1)c1ccccc1.c1ccc([B-](c2ccccc2)(c2ccccc2)c2ccccc2)cc1.c1ccc([B-](c2ccccc2)(c2ccccc2)c2ccccc2)cc1. The van der Waals surface area contributed by atoms with Crippen LogP contribution in [0, 0.1) is 0 Å². The minimum absolute atomic E-state index is 1.21. The molecule has 436 valence electrons. The normalized spacial score (nSPS) is 11.2. The van der Waals surface area contributed by atoms with Gasteiger partial charge >= 0.3 is 0 Å². The van der Waals surface area contributed by atoms with Gasteiger partial charge in [0.1, 0.15) is 12.3 Å². The number of nitrogens with two attached hydrogens (primary N) is 2. The lowest BCUT2D eigenvalue weighted by molar-refractivity contribution is -0.0815. The van der Waals surface area contributed by atoms with Crippen molar-refractivity contribution in [2.45, 2.75) is 0 Å². The lowest BCUT2D eigenvalue weighted by atomic mass is 9.13. The second-order valence-corrected chi connectivity index (χ2v) is 28.5. The molecule has 14 aromatic carbocycles. The Bertz CT molecular complexity index is 3630. The van der Waals surface area contributed by atoms with Crippen LogP contribution < -0.4 is 85.9 Å². The molecule has 0 saturated carbocycles. The van der Waals surface area contributed by atoms with Gasteiger partial charge in [0.05, 0.1) is 0 Å². The largest absolute Gasteiger partial charge is 0.273 e. The number of rotatable bonds is 14. The molecule has 14 rings (SSSR count). The summed E-state index contributed by atoms with van der Waals surface area (Å²) < 4.78 is 0. The van der Waals surface area contributed by atoms with Crippen LogP contribution in [0.25, 0.3) is 0 Å². The van der Waals surface area contributed by atoms with Crippen LogP contribution in [0.15, 0.2) is 425 Å². The van der Waals surface area contributed by atoms with Gasteiger partial charge in [0.2, 0.25) is 0 Å². The molecule has 90 heavy (non-hydrogen) atoms. The lowest BCUT2D eigenvalue weighted by Crippen LogP contribution is -2.74. The van der Waals surface area contributed by atoms with Crippen molar-refractivity contribution < 1.29 is 10.3 Å². The predicted octanol–water partition coefficient (Wildman–Crippen LogP) is 9.97. The van der Waals surface area contributed by atoms with Gasteiger partial charge in [0.25, 0.3) is 0 Å². The van der Waals surface area contributed by atoms with Crippen LogP contribution >= 0.6 is 14.1 Å². The first-order valence-corrected chi connectivity index (χ1v) is 34.6. The van der Waals surface area contributed by atoms with Gasteiger partial charge in [-0.15, -0.1) is 0 Å². The number of benzene rings is 14. The van der Waals surface area contributed by atoms with Crippen LogP contribution in [0.1, 0.15) is 0 Å². The summed E-state index contributed by atoms with van der Waals surface area (Å²) >= 11 is 0. The average Bonchev–Trinajstić information content (AvgIpc) is 1.37. The molecule has 0 spiro atoms. The van der Waals surface area contributed by atoms with E-state index in [-0.39, 0.29) is 0 Å². The molecule has 0 aromatic heterocycles. The highest BCUT2D eigenvalue weighted by atomic mass is 31.2. The maximum atomic E-state index is 6.97. The van der Waals surface area contributed by atoms with Crippen molar-refractivity contribution in [1.82, 2.24) is 0 Å². The molecular weight excluding hydrogens is 1120 g/mol. The van der Waals surface area contributed by atoms with Crippen LogP contribution in [0.5, 0.6) is 0 Å². The van der Waals surface area contributed by atoms with Crippen LogP contribution in [-0.2, 0) is 0 Å². The minimum atomic E-state index is -2.03. The molecule has 0 aliphatic carbocycles. The second kappa shape index (κ2) is 30.1. The van der Waals surface area contributed by atoms with E-state index in [9.17, 15) is 0 Å². The Morgan fingerprint density at radius 2 is 0.222 bits per heavy atom. The summed E-state index contributed by atoms with van der Waals surface area (Å²) in [5.74, 6) is 0. The van der Waals surface area contributed by atoms with Gasteiger partial charge in [-0.25, -0.2) is 0 Å². The summed E-state index contributed by atoms with van der Waals surface area (Å²) in [5.41, 5.74) is 10.7. The van der Waals surface area contributed by atoms with Crippen molar-refractivity contribution in [3.63, 3.8) is 0 Å². The third-order valence-electron chi connectivity index (χ3n) is 17.4. The molecule has 0 unspecified atom stereocenters. The van der Waals surface area contributed by atoms with E-state index in [1.807, 2.05) is 36.4 Å².